The molecule has 5 heteroatoms. The Morgan fingerprint density at radius 3 is 2.65 bits per heavy atom. The van der Waals surface area contributed by atoms with Crippen LogP contribution in [0.15, 0.2) is 47.8 Å². The lowest BCUT2D eigenvalue weighted by molar-refractivity contribution is 1.40. The zero-order chi connectivity index (χ0) is 14.1. The predicted molar refractivity (Wildman–Crippen MR) is 87.4 cm³/mol. The van der Waals surface area contributed by atoms with Gasteiger partial charge in [0.1, 0.15) is 5.01 Å². The summed E-state index contributed by atoms with van der Waals surface area (Å²) in [5, 5.41) is 3.93. The van der Waals surface area contributed by atoms with Crippen LogP contribution in [-0.4, -0.2) is 4.98 Å². The van der Waals surface area contributed by atoms with Gasteiger partial charge in [0.2, 0.25) is 0 Å². The molecule has 0 atom stereocenters. The summed E-state index contributed by atoms with van der Waals surface area (Å²) in [6.45, 7) is 0. The van der Waals surface area contributed by atoms with Crippen molar-refractivity contribution in [1.29, 1.82) is 0 Å². The van der Waals surface area contributed by atoms with E-state index in [9.17, 15) is 0 Å². The van der Waals surface area contributed by atoms with E-state index in [1.54, 1.807) is 17.4 Å². The first-order valence-corrected chi connectivity index (χ1v) is 7.54. The second kappa shape index (κ2) is 5.44. The number of nitrogens with zero attached hydrogens (tertiary/aromatic N) is 1. The Bertz CT molecular complexity index is 768. The molecule has 0 spiro atoms. The lowest BCUT2D eigenvalue weighted by Crippen LogP contribution is -1.85. The van der Waals surface area contributed by atoms with E-state index in [0.717, 1.165) is 27.5 Å². The van der Waals surface area contributed by atoms with Crippen molar-refractivity contribution in [3.05, 3.63) is 57.9 Å². The molecule has 1 heterocycles. The summed E-state index contributed by atoms with van der Waals surface area (Å²) < 4.78 is 0. The van der Waals surface area contributed by atoms with Crippen LogP contribution in [0.2, 0.25) is 10.0 Å². The largest absolute Gasteiger partial charge is 0.399 e. The van der Waals surface area contributed by atoms with Crippen molar-refractivity contribution < 1.29 is 0 Å². The molecular weight excluding hydrogens is 311 g/mol. The SMILES string of the molecule is Nc1cccc(-c2nc(-c3cccc(Cl)c3Cl)cs2)c1. The highest BCUT2D eigenvalue weighted by Gasteiger charge is 2.11. The van der Waals surface area contributed by atoms with Crippen molar-refractivity contribution in [2.24, 2.45) is 0 Å². The number of halogens is 2. The highest BCUT2D eigenvalue weighted by atomic mass is 35.5. The molecule has 3 rings (SSSR count). The smallest absolute Gasteiger partial charge is 0.124 e. The molecule has 0 unspecified atom stereocenters. The number of hydrogen-bond donors (Lipinski definition) is 1. The van der Waals surface area contributed by atoms with E-state index in [0.29, 0.717) is 10.0 Å². The van der Waals surface area contributed by atoms with Crippen LogP contribution in [0.25, 0.3) is 21.8 Å². The van der Waals surface area contributed by atoms with Gasteiger partial charge in [-0.1, -0.05) is 47.5 Å². The first kappa shape index (κ1) is 13.4. The van der Waals surface area contributed by atoms with Crippen LogP contribution in [0.1, 0.15) is 0 Å². The second-order valence-corrected chi connectivity index (χ2v) is 5.91. The van der Waals surface area contributed by atoms with Crippen molar-refractivity contribution in [2.75, 3.05) is 5.73 Å². The van der Waals surface area contributed by atoms with Crippen molar-refractivity contribution in [1.82, 2.24) is 4.98 Å². The zero-order valence-electron chi connectivity index (χ0n) is 10.3. The molecule has 20 heavy (non-hydrogen) atoms. The van der Waals surface area contributed by atoms with Gasteiger partial charge in [-0.25, -0.2) is 4.98 Å². The van der Waals surface area contributed by atoms with E-state index in [1.165, 1.54) is 0 Å². The second-order valence-electron chi connectivity index (χ2n) is 4.26. The van der Waals surface area contributed by atoms with Crippen molar-refractivity contribution >= 4 is 40.2 Å². The fourth-order valence-corrected chi connectivity index (χ4v) is 3.12. The summed E-state index contributed by atoms with van der Waals surface area (Å²) in [4.78, 5) is 4.61. The van der Waals surface area contributed by atoms with E-state index in [1.807, 2.05) is 41.8 Å². The number of thiazole rings is 1. The molecule has 3 aromatic rings. The summed E-state index contributed by atoms with van der Waals surface area (Å²) >= 11 is 13.8. The first-order valence-electron chi connectivity index (χ1n) is 5.91. The van der Waals surface area contributed by atoms with Crippen LogP contribution in [0.4, 0.5) is 5.69 Å². The molecule has 0 saturated heterocycles. The molecule has 0 fully saturated rings. The highest BCUT2D eigenvalue weighted by molar-refractivity contribution is 7.13. The van der Waals surface area contributed by atoms with Crippen LogP contribution >= 0.6 is 34.5 Å². The Hall–Kier alpha value is -1.55. The lowest BCUT2D eigenvalue weighted by Gasteiger charge is -2.02. The number of nitrogen functional groups attached to an aromatic ring is 1. The summed E-state index contributed by atoms with van der Waals surface area (Å²) in [5.41, 5.74) is 9.18. The van der Waals surface area contributed by atoms with Gasteiger partial charge in [0.05, 0.1) is 15.7 Å². The quantitative estimate of drug-likeness (QED) is 0.645. The lowest BCUT2D eigenvalue weighted by atomic mass is 10.1. The molecule has 0 aliphatic rings. The third-order valence-corrected chi connectivity index (χ3v) is 4.58. The third kappa shape index (κ3) is 2.52. The van der Waals surface area contributed by atoms with Gasteiger partial charge in [-0.05, 0) is 18.2 Å². The standard InChI is InChI=1S/C15H10Cl2N2S/c16-12-6-2-5-11(14(12)17)13-8-20-15(19-13)9-3-1-4-10(18)7-9/h1-8H,18H2. The minimum Gasteiger partial charge on any atom is -0.399 e. The van der Waals surface area contributed by atoms with E-state index in [-0.39, 0.29) is 0 Å². The summed E-state index contributed by atoms with van der Waals surface area (Å²) in [7, 11) is 0. The Morgan fingerprint density at radius 2 is 1.85 bits per heavy atom. The highest BCUT2D eigenvalue weighted by Crippen LogP contribution is 2.36. The average molecular weight is 321 g/mol. The van der Waals surface area contributed by atoms with Gasteiger partial charge in [0, 0.05) is 22.2 Å². The third-order valence-electron chi connectivity index (χ3n) is 2.87. The number of hydrogen-bond acceptors (Lipinski definition) is 3. The monoisotopic (exact) mass is 320 g/mol. The van der Waals surface area contributed by atoms with Crippen LogP contribution in [0, 0.1) is 0 Å². The normalized spacial score (nSPS) is 10.7. The Kier molecular flexibility index (Phi) is 3.66. The molecule has 0 amide bonds. The fourth-order valence-electron chi connectivity index (χ4n) is 1.90. The van der Waals surface area contributed by atoms with Crippen LogP contribution in [0.3, 0.4) is 0 Å². The van der Waals surface area contributed by atoms with Gasteiger partial charge < -0.3 is 5.73 Å². The molecule has 2 N–H and O–H groups in total. The summed E-state index contributed by atoms with van der Waals surface area (Å²) in [6, 6.07) is 13.2. The van der Waals surface area contributed by atoms with E-state index >= 15 is 0 Å². The van der Waals surface area contributed by atoms with Gasteiger partial charge >= 0.3 is 0 Å². The number of rotatable bonds is 2. The van der Waals surface area contributed by atoms with Gasteiger partial charge in [-0.15, -0.1) is 11.3 Å². The molecule has 2 nitrogen and oxygen atoms in total. The maximum atomic E-state index is 6.22. The molecule has 1 aromatic heterocycles. The van der Waals surface area contributed by atoms with Crippen molar-refractivity contribution in [2.45, 2.75) is 0 Å². The number of nitrogens with two attached hydrogens (primary N) is 1. The molecular formula is C15H10Cl2N2S. The summed E-state index contributed by atoms with van der Waals surface area (Å²) in [6.07, 6.45) is 0. The molecule has 0 saturated carbocycles. The minimum absolute atomic E-state index is 0.526. The van der Waals surface area contributed by atoms with Crippen LogP contribution < -0.4 is 5.73 Å². The molecule has 0 aliphatic carbocycles. The molecule has 2 aromatic carbocycles. The van der Waals surface area contributed by atoms with Crippen LogP contribution in [0.5, 0.6) is 0 Å². The minimum atomic E-state index is 0.526. The van der Waals surface area contributed by atoms with E-state index in [2.05, 4.69) is 4.98 Å². The Balaban J connectivity index is 2.04. The fraction of sp³-hybridized carbons (Fsp3) is 0. The molecule has 0 aliphatic heterocycles. The predicted octanol–water partition coefficient (Wildman–Crippen LogP) is 5.37. The number of anilines is 1. The first-order chi connectivity index (χ1) is 9.65. The maximum absolute atomic E-state index is 6.22. The van der Waals surface area contributed by atoms with Crippen molar-refractivity contribution in [3.8, 4) is 21.8 Å². The van der Waals surface area contributed by atoms with Gasteiger partial charge in [0.25, 0.3) is 0 Å². The van der Waals surface area contributed by atoms with Gasteiger partial charge in [0.15, 0.2) is 0 Å². The Labute approximate surface area is 130 Å². The van der Waals surface area contributed by atoms with Crippen molar-refractivity contribution in [3.63, 3.8) is 0 Å². The maximum Gasteiger partial charge on any atom is 0.124 e. The number of aromatic nitrogens is 1. The van der Waals surface area contributed by atoms with E-state index < -0.39 is 0 Å². The topological polar surface area (TPSA) is 38.9 Å². The number of benzene rings is 2. The zero-order valence-corrected chi connectivity index (χ0v) is 12.6. The van der Waals surface area contributed by atoms with Gasteiger partial charge in [-0.2, -0.15) is 0 Å². The van der Waals surface area contributed by atoms with Crippen LogP contribution in [-0.2, 0) is 0 Å². The van der Waals surface area contributed by atoms with E-state index in [4.69, 9.17) is 28.9 Å². The average Bonchev–Trinajstić information content (AvgIpc) is 2.91. The van der Waals surface area contributed by atoms with Gasteiger partial charge in [-0.3, -0.25) is 0 Å². The molecule has 0 bridgehead atoms. The molecule has 100 valence electrons. The molecule has 0 radical (unpaired) electrons. The Morgan fingerprint density at radius 1 is 1.05 bits per heavy atom. The summed E-state index contributed by atoms with van der Waals surface area (Å²) in [5.74, 6) is 0.